The van der Waals surface area contributed by atoms with Crippen molar-refractivity contribution in [2.45, 2.75) is 65.8 Å². The molecule has 0 aliphatic carbocycles. The Balaban J connectivity index is 2.57. The molecule has 0 aliphatic heterocycles. The van der Waals surface area contributed by atoms with Crippen molar-refractivity contribution in [1.29, 1.82) is 0 Å². The van der Waals surface area contributed by atoms with Crippen molar-refractivity contribution >= 4 is 11.8 Å². The van der Waals surface area contributed by atoms with Gasteiger partial charge in [0.25, 0.3) is 0 Å². The van der Waals surface area contributed by atoms with Gasteiger partial charge in [-0.15, -0.1) is 0 Å². The summed E-state index contributed by atoms with van der Waals surface area (Å²) in [4.78, 5) is 8.67. The summed E-state index contributed by atoms with van der Waals surface area (Å²) in [6.45, 7) is 10.6. The number of aromatic nitrogens is 2. The van der Waals surface area contributed by atoms with E-state index in [0.29, 0.717) is 12.0 Å². The number of nitrogens with zero attached hydrogens (tertiary/aromatic N) is 2. The predicted octanol–water partition coefficient (Wildman–Crippen LogP) is 2.90. The Morgan fingerprint density at radius 3 is 2.52 bits per heavy atom. The third kappa shape index (κ3) is 6.76. The molecular formula is C16H31N5. The van der Waals surface area contributed by atoms with Gasteiger partial charge in [0.15, 0.2) is 0 Å². The fourth-order valence-electron chi connectivity index (χ4n) is 2.26. The molecule has 1 aromatic heterocycles. The molecule has 0 unspecified atom stereocenters. The van der Waals surface area contributed by atoms with Crippen LogP contribution in [0.1, 0.15) is 57.7 Å². The van der Waals surface area contributed by atoms with Gasteiger partial charge in [-0.3, -0.25) is 0 Å². The minimum absolute atomic E-state index is 0.358. The molecule has 0 aromatic carbocycles. The van der Waals surface area contributed by atoms with Crippen LogP contribution in [0.3, 0.4) is 0 Å². The van der Waals surface area contributed by atoms with Gasteiger partial charge in [-0.25, -0.2) is 4.98 Å². The summed E-state index contributed by atoms with van der Waals surface area (Å²) in [5.74, 6) is 1.28. The average molecular weight is 293 g/mol. The molecule has 120 valence electrons. The SMILES string of the molecule is CCCCNc1nc(N)nc(C)c1CCCCNC(C)C. The number of unbranched alkanes of at least 4 members (excludes halogenated alkanes) is 2. The van der Waals surface area contributed by atoms with Gasteiger partial charge in [-0.2, -0.15) is 4.98 Å². The van der Waals surface area contributed by atoms with Crippen molar-refractivity contribution in [3.8, 4) is 0 Å². The maximum Gasteiger partial charge on any atom is 0.222 e. The summed E-state index contributed by atoms with van der Waals surface area (Å²) in [5, 5.41) is 6.85. The normalized spacial score (nSPS) is 11.1. The first kappa shape index (κ1) is 17.7. The fourth-order valence-corrected chi connectivity index (χ4v) is 2.26. The van der Waals surface area contributed by atoms with Crippen molar-refractivity contribution < 1.29 is 0 Å². The minimum Gasteiger partial charge on any atom is -0.370 e. The maximum atomic E-state index is 5.77. The monoisotopic (exact) mass is 293 g/mol. The minimum atomic E-state index is 0.358. The molecule has 4 N–H and O–H groups in total. The van der Waals surface area contributed by atoms with E-state index in [0.717, 1.165) is 50.3 Å². The largest absolute Gasteiger partial charge is 0.370 e. The van der Waals surface area contributed by atoms with E-state index in [4.69, 9.17) is 5.73 Å². The zero-order valence-corrected chi connectivity index (χ0v) is 14.0. The summed E-state index contributed by atoms with van der Waals surface area (Å²) >= 11 is 0. The molecule has 0 aliphatic rings. The first-order valence-electron chi connectivity index (χ1n) is 8.14. The second-order valence-electron chi connectivity index (χ2n) is 5.84. The second-order valence-corrected chi connectivity index (χ2v) is 5.84. The van der Waals surface area contributed by atoms with Crippen LogP contribution < -0.4 is 16.4 Å². The van der Waals surface area contributed by atoms with Crippen LogP contribution in [0, 0.1) is 6.92 Å². The molecule has 0 bridgehead atoms. The average Bonchev–Trinajstić information content (AvgIpc) is 2.40. The summed E-state index contributed by atoms with van der Waals surface area (Å²) in [5.41, 5.74) is 7.98. The van der Waals surface area contributed by atoms with E-state index in [1.807, 2.05) is 6.92 Å². The van der Waals surface area contributed by atoms with Gasteiger partial charge in [0.05, 0.1) is 0 Å². The number of hydrogen-bond donors (Lipinski definition) is 3. The first-order chi connectivity index (χ1) is 10.0. The zero-order valence-electron chi connectivity index (χ0n) is 14.0. The number of nitrogens with two attached hydrogens (primary N) is 1. The second kappa shape index (κ2) is 9.55. The van der Waals surface area contributed by atoms with Crippen molar-refractivity contribution in [2.75, 3.05) is 24.1 Å². The zero-order chi connectivity index (χ0) is 15.7. The van der Waals surface area contributed by atoms with Crippen molar-refractivity contribution in [3.63, 3.8) is 0 Å². The van der Waals surface area contributed by atoms with Crippen LogP contribution in [-0.2, 0) is 6.42 Å². The molecular weight excluding hydrogens is 262 g/mol. The van der Waals surface area contributed by atoms with Gasteiger partial charge in [-0.05, 0) is 39.2 Å². The number of nitrogens with one attached hydrogen (secondary N) is 2. The molecule has 0 saturated carbocycles. The Morgan fingerprint density at radius 2 is 1.86 bits per heavy atom. The number of aryl methyl sites for hydroxylation is 1. The van der Waals surface area contributed by atoms with Gasteiger partial charge >= 0.3 is 0 Å². The van der Waals surface area contributed by atoms with E-state index < -0.39 is 0 Å². The molecule has 1 aromatic rings. The standard InChI is InChI=1S/C16H31N5/c1-5-6-10-19-15-14(13(4)20-16(17)21-15)9-7-8-11-18-12(2)3/h12,18H,5-11H2,1-4H3,(H3,17,19,20,21). The smallest absolute Gasteiger partial charge is 0.222 e. The van der Waals surface area contributed by atoms with E-state index in [1.54, 1.807) is 0 Å². The first-order valence-corrected chi connectivity index (χ1v) is 8.14. The Labute approximate surface area is 129 Å². The van der Waals surface area contributed by atoms with E-state index in [1.165, 1.54) is 12.0 Å². The Kier molecular flexibility index (Phi) is 8.05. The number of rotatable bonds is 10. The highest BCUT2D eigenvalue weighted by atomic mass is 15.1. The van der Waals surface area contributed by atoms with Crippen LogP contribution in [-0.4, -0.2) is 29.1 Å². The number of hydrogen-bond acceptors (Lipinski definition) is 5. The van der Waals surface area contributed by atoms with Gasteiger partial charge in [0, 0.05) is 23.8 Å². The summed E-state index contributed by atoms with van der Waals surface area (Å²) in [7, 11) is 0. The molecule has 21 heavy (non-hydrogen) atoms. The highest BCUT2D eigenvalue weighted by Gasteiger charge is 2.10. The van der Waals surface area contributed by atoms with Crippen LogP contribution in [0.5, 0.6) is 0 Å². The lowest BCUT2D eigenvalue weighted by Crippen LogP contribution is -2.23. The lowest BCUT2D eigenvalue weighted by atomic mass is 10.1. The van der Waals surface area contributed by atoms with Crippen LogP contribution in [0.2, 0.25) is 0 Å². The highest BCUT2D eigenvalue weighted by Crippen LogP contribution is 2.19. The van der Waals surface area contributed by atoms with E-state index in [-0.39, 0.29) is 0 Å². The molecule has 1 heterocycles. The predicted molar refractivity (Wildman–Crippen MR) is 90.7 cm³/mol. The van der Waals surface area contributed by atoms with Gasteiger partial charge < -0.3 is 16.4 Å². The molecule has 0 amide bonds. The molecule has 0 atom stereocenters. The van der Waals surface area contributed by atoms with Crippen LogP contribution in [0.4, 0.5) is 11.8 Å². The van der Waals surface area contributed by atoms with E-state index in [2.05, 4.69) is 41.4 Å². The van der Waals surface area contributed by atoms with Crippen LogP contribution in [0.15, 0.2) is 0 Å². The molecule has 0 saturated heterocycles. The van der Waals surface area contributed by atoms with E-state index in [9.17, 15) is 0 Å². The Bertz CT molecular complexity index is 417. The van der Waals surface area contributed by atoms with Crippen molar-refractivity contribution in [2.24, 2.45) is 0 Å². The van der Waals surface area contributed by atoms with Gasteiger partial charge in [0.2, 0.25) is 5.95 Å². The highest BCUT2D eigenvalue weighted by molar-refractivity contribution is 5.49. The molecule has 1 rings (SSSR count). The van der Waals surface area contributed by atoms with Gasteiger partial charge in [-0.1, -0.05) is 27.2 Å². The van der Waals surface area contributed by atoms with Crippen LogP contribution >= 0.6 is 0 Å². The Morgan fingerprint density at radius 1 is 1.10 bits per heavy atom. The van der Waals surface area contributed by atoms with Crippen molar-refractivity contribution in [1.82, 2.24) is 15.3 Å². The molecule has 0 spiro atoms. The molecule has 5 nitrogen and oxygen atoms in total. The Hall–Kier alpha value is -1.36. The lowest BCUT2D eigenvalue weighted by Gasteiger charge is -2.14. The van der Waals surface area contributed by atoms with Crippen molar-refractivity contribution in [3.05, 3.63) is 11.3 Å². The quantitative estimate of drug-likeness (QED) is 0.578. The molecule has 5 heteroatoms. The topological polar surface area (TPSA) is 75.9 Å². The summed E-state index contributed by atoms with van der Waals surface area (Å²) in [6.07, 6.45) is 5.61. The summed E-state index contributed by atoms with van der Waals surface area (Å²) < 4.78 is 0. The third-order valence-corrected chi connectivity index (χ3v) is 3.46. The molecule has 0 fully saturated rings. The lowest BCUT2D eigenvalue weighted by molar-refractivity contribution is 0.557. The summed E-state index contributed by atoms with van der Waals surface area (Å²) in [6, 6.07) is 0.554. The van der Waals surface area contributed by atoms with Crippen LogP contribution in [0.25, 0.3) is 0 Å². The number of anilines is 2. The van der Waals surface area contributed by atoms with Gasteiger partial charge in [0.1, 0.15) is 5.82 Å². The van der Waals surface area contributed by atoms with E-state index >= 15 is 0 Å². The fraction of sp³-hybridized carbons (Fsp3) is 0.750. The number of nitrogen functional groups attached to an aromatic ring is 1. The molecule has 0 radical (unpaired) electrons. The maximum absolute atomic E-state index is 5.77. The third-order valence-electron chi connectivity index (χ3n) is 3.46.